The summed E-state index contributed by atoms with van der Waals surface area (Å²) in [6, 6.07) is 13.1. The van der Waals surface area contributed by atoms with Crippen LogP contribution in [0.4, 0.5) is 0 Å². The van der Waals surface area contributed by atoms with Crippen molar-refractivity contribution < 1.29 is 23.5 Å². The van der Waals surface area contributed by atoms with Crippen molar-refractivity contribution in [1.29, 1.82) is 0 Å². The molecule has 1 amide bonds. The van der Waals surface area contributed by atoms with Crippen LogP contribution in [0.15, 0.2) is 62.7 Å². The summed E-state index contributed by atoms with van der Waals surface area (Å²) in [7, 11) is 2.83. The van der Waals surface area contributed by atoms with Crippen LogP contribution in [0.1, 0.15) is 10.6 Å². The topological polar surface area (TPSA) is 100 Å². The Morgan fingerprint density at radius 3 is 2.70 bits per heavy atom. The zero-order valence-corrected chi connectivity index (χ0v) is 16.9. The lowest BCUT2D eigenvalue weighted by atomic mass is 10.2. The number of aromatic nitrogens is 1. The minimum Gasteiger partial charge on any atom is -0.497 e. The second kappa shape index (κ2) is 7.96. The molecule has 0 aliphatic carbocycles. The molecule has 8 nitrogen and oxygen atoms in total. The third-order valence-electron chi connectivity index (χ3n) is 4.45. The van der Waals surface area contributed by atoms with Gasteiger partial charge in [0.05, 0.1) is 29.8 Å². The van der Waals surface area contributed by atoms with Crippen LogP contribution in [0.2, 0.25) is 0 Å². The van der Waals surface area contributed by atoms with Gasteiger partial charge in [-0.15, -0.1) is 0 Å². The van der Waals surface area contributed by atoms with Crippen LogP contribution in [-0.4, -0.2) is 30.7 Å². The number of para-hydroxylation sites is 1. The van der Waals surface area contributed by atoms with E-state index >= 15 is 0 Å². The molecule has 0 fully saturated rings. The molecule has 0 radical (unpaired) electrons. The average molecular weight is 424 g/mol. The quantitative estimate of drug-likeness (QED) is 0.467. The van der Waals surface area contributed by atoms with E-state index in [9.17, 15) is 14.4 Å². The van der Waals surface area contributed by atoms with Gasteiger partial charge in [-0.3, -0.25) is 14.4 Å². The van der Waals surface area contributed by atoms with Gasteiger partial charge in [0.1, 0.15) is 17.9 Å². The van der Waals surface area contributed by atoms with E-state index in [-0.39, 0.29) is 22.5 Å². The number of hydrogen-bond donors (Lipinski definition) is 0. The Morgan fingerprint density at radius 1 is 1.13 bits per heavy atom. The first-order valence-corrected chi connectivity index (χ1v) is 9.68. The van der Waals surface area contributed by atoms with Crippen molar-refractivity contribution in [3.05, 3.63) is 69.3 Å². The van der Waals surface area contributed by atoms with Gasteiger partial charge >= 0.3 is 11.9 Å². The Labute approximate surface area is 173 Å². The van der Waals surface area contributed by atoms with Gasteiger partial charge in [0.2, 0.25) is 0 Å². The zero-order valence-electron chi connectivity index (χ0n) is 16.1. The first kappa shape index (κ1) is 19.6. The highest BCUT2D eigenvalue weighted by molar-refractivity contribution is 7.16. The number of ether oxygens (including phenoxy) is 2. The fourth-order valence-electron chi connectivity index (χ4n) is 2.96. The van der Waals surface area contributed by atoms with E-state index < -0.39 is 11.9 Å². The lowest BCUT2D eigenvalue weighted by molar-refractivity contribution is -0.141. The number of amides is 1. The smallest absolute Gasteiger partial charge is 0.325 e. The van der Waals surface area contributed by atoms with Gasteiger partial charge in [-0.1, -0.05) is 23.5 Å². The van der Waals surface area contributed by atoms with Crippen LogP contribution in [0.25, 0.3) is 21.2 Å². The summed E-state index contributed by atoms with van der Waals surface area (Å²) < 4.78 is 17.9. The highest BCUT2D eigenvalue weighted by Gasteiger charge is 2.15. The lowest BCUT2D eigenvalue weighted by Gasteiger charge is -2.04. The van der Waals surface area contributed by atoms with E-state index in [4.69, 9.17) is 13.9 Å². The van der Waals surface area contributed by atoms with Crippen molar-refractivity contribution in [2.75, 3.05) is 14.2 Å². The monoisotopic (exact) mass is 424 g/mol. The van der Waals surface area contributed by atoms with Crippen molar-refractivity contribution in [2.45, 2.75) is 6.54 Å². The van der Waals surface area contributed by atoms with Crippen LogP contribution < -0.4 is 15.0 Å². The first-order valence-electron chi connectivity index (χ1n) is 8.86. The van der Waals surface area contributed by atoms with Gasteiger partial charge in [0.25, 0.3) is 0 Å². The van der Waals surface area contributed by atoms with E-state index in [2.05, 4.69) is 4.99 Å². The number of hydrogen-bond acceptors (Lipinski definition) is 7. The number of nitrogens with zero attached hydrogens (tertiary/aromatic N) is 2. The van der Waals surface area contributed by atoms with E-state index in [0.717, 1.165) is 10.8 Å². The molecule has 4 aromatic rings. The van der Waals surface area contributed by atoms with Gasteiger partial charge in [0, 0.05) is 6.07 Å². The molecule has 0 aliphatic heterocycles. The van der Waals surface area contributed by atoms with E-state index in [0.29, 0.717) is 22.2 Å². The maximum absolute atomic E-state index is 12.8. The molecule has 0 N–H and O–H groups in total. The molecule has 2 aromatic carbocycles. The molecule has 0 saturated carbocycles. The zero-order chi connectivity index (χ0) is 21.3. The van der Waals surface area contributed by atoms with Crippen molar-refractivity contribution in [3.63, 3.8) is 0 Å². The van der Waals surface area contributed by atoms with E-state index in [1.807, 2.05) is 0 Å². The van der Waals surface area contributed by atoms with Crippen molar-refractivity contribution in [3.8, 4) is 5.75 Å². The fraction of sp³-hybridized carbons (Fsp3) is 0.143. The van der Waals surface area contributed by atoms with Crippen LogP contribution >= 0.6 is 11.3 Å². The predicted octanol–water partition coefficient (Wildman–Crippen LogP) is 2.73. The highest BCUT2D eigenvalue weighted by atomic mass is 32.1. The summed E-state index contributed by atoms with van der Waals surface area (Å²) in [5.74, 6) is -0.766. The summed E-state index contributed by atoms with van der Waals surface area (Å²) >= 11 is 1.20. The summed E-state index contributed by atoms with van der Waals surface area (Å²) in [5.41, 5.74) is 0.656. The largest absolute Gasteiger partial charge is 0.497 e. The number of carbonyl (C=O) groups excluding carboxylic acids is 2. The van der Waals surface area contributed by atoms with Crippen LogP contribution in [0.5, 0.6) is 5.75 Å². The average Bonchev–Trinajstić information content (AvgIpc) is 3.09. The number of fused-ring (bicyclic) bond motifs is 2. The SMILES string of the molecule is COC(=O)Cn1c(=NC(=O)c2cc(=O)c3ccccc3o2)sc2cc(OC)ccc21. The van der Waals surface area contributed by atoms with Crippen LogP contribution in [-0.2, 0) is 16.1 Å². The van der Waals surface area contributed by atoms with Crippen molar-refractivity contribution in [2.24, 2.45) is 4.99 Å². The van der Waals surface area contributed by atoms with Gasteiger partial charge in [-0.2, -0.15) is 4.99 Å². The maximum Gasteiger partial charge on any atom is 0.325 e. The molecule has 30 heavy (non-hydrogen) atoms. The Kier molecular flexibility index (Phi) is 5.20. The lowest BCUT2D eigenvalue weighted by Crippen LogP contribution is -2.22. The molecule has 0 spiro atoms. The molecular formula is C21H16N2O6S. The van der Waals surface area contributed by atoms with Gasteiger partial charge in [-0.05, 0) is 30.3 Å². The van der Waals surface area contributed by atoms with Gasteiger partial charge in [-0.25, -0.2) is 0 Å². The fourth-order valence-corrected chi connectivity index (χ4v) is 4.02. The van der Waals surface area contributed by atoms with Crippen molar-refractivity contribution >= 4 is 44.4 Å². The molecule has 2 aromatic heterocycles. The summed E-state index contributed by atoms with van der Waals surface area (Å²) in [6.07, 6.45) is 0. The number of methoxy groups -OCH3 is 2. The molecule has 0 aliphatic rings. The molecule has 0 bridgehead atoms. The Balaban J connectivity index is 1.86. The normalized spacial score (nSPS) is 11.7. The van der Waals surface area contributed by atoms with Crippen LogP contribution in [0, 0.1) is 0 Å². The van der Waals surface area contributed by atoms with Gasteiger partial charge in [0.15, 0.2) is 16.0 Å². The predicted molar refractivity (Wildman–Crippen MR) is 111 cm³/mol. The number of thiazole rings is 1. The van der Waals surface area contributed by atoms with Crippen molar-refractivity contribution in [1.82, 2.24) is 4.57 Å². The molecule has 0 atom stereocenters. The number of carbonyl (C=O) groups is 2. The van der Waals surface area contributed by atoms with E-state index in [1.54, 1.807) is 54.1 Å². The van der Waals surface area contributed by atoms with E-state index in [1.165, 1.54) is 18.4 Å². The third-order valence-corrected chi connectivity index (χ3v) is 5.49. The second-order valence-corrected chi connectivity index (χ2v) is 7.28. The number of esters is 1. The Bertz CT molecular complexity index is 1410. The van der Waals surface area contributed by atoms with Gasteiger partial charge < -0.3 is 18.5 Å². The molecule has 152 valence electrons. The number of benzene rings is 2. The molecule has 0 unspecified atom stereocenters. The third kappa shape index (κ3) is 3.62. The molecule has 2 heterocycles. The molecule has 9 heteroatoms. The molecular weight excluding hydrogens is 408 g/mol. The minimum atomic E-state index is -0.727. The summed E-state index contributed by atoms with van der Waals surface area (Å²) in [4.78, 5) is 41.3. The first-order chi connectivity index (χ1) is 14.5. The highest BCUT2D eigenvalue weighted by Crippen LogP contribution is 2.23. The summed E-state index contributed by atoms with van der Waals surface area (Å²) in [6.45, 7) is -0.128. The second-order valence-electron chi connectivity index (χ2n) is 6.27. The Morgan fingerprint density at radius 2 is 1.93 bits per heavy atom. The van der Waals surface area contributed by atoms with Crippen LogP contribution in [0.3, 0.4) is 0 Å². The minimum absolute atomic E-state index is 0.128. The summed E-state index contributed by atoms with van der Waals surface area (Å²) in [5, 5.41) is 0.378. The Hall–Kier alpha value is -3.72. The molecule has 4 rings (SSSR count). The maximum atomic E-state index is 12.8. The number of rotatable bonds is 4. The standard InChI is InChI=1S/C21H16N2O6S/c1-27-12-7-8-14-18(9-12)30-21(23(14)11-19(25)28-2)22-20(26)17-10-15(24)13-5-3-4-6-16(13)29-17/h3-10H,11H2,1-2H3. The molecule has 0 saturated heterocycles.